The van der Waals surface area contributed by atoms with Crippen LogP contribution in [0.1, 0.15) is 29.6 Å². The number of aromatic nitrogens is 1. The second-order valence-electron chi connectivity index (χ2n) is 7.11. The molecule has 0 aromatic carbocycles. The van der Waals surface area contributed by atoms with E-state index < -0.39 is 21.9 Å². The van der Waals surface area contributed by atoms with E-state index in [1.54, 1.807) is 34.3 Å². The van der Waals surface area contributed by atoms with Gasteiger partial charge in [0.1, 0.15) is 0 Å². The Labute approximate surface area is 146 Å². The molecule has 8 heteroatoms. The number of nitrogens with zero attached hydrogens (tertiary/aromatic N) is 3. The van der Waals surface area contributed by atoms with Crippen LogP contribution in [0.2, 0.25) is 0 Å². The Balaban J connectivity index is 1.60. The zero-order chi connectivity index (χ0) is 17.6. The van der Waals surface area contributed by atoms with E-state index >= 15 is 0 Å². The van der Waals surface area contributed by atoms with Crippen LogP contribution in [0.25, 0.3) is 0 Å². The molecule has 1 aromatic rings. The van der Waals surface area contributed by atoms with Crippen LogP contribution in [-0.2, 0) is 14.6 Å². The van der Waals surface area contributed by atoms with Crippen molar-refractivity contribution in [1.29, 1.82) is 0 Å². The largest absolute Gasteiger partial charge is 0.335 e. The lowest BCUT2D eigenvalue weighted by Crippen LogP contribution is -2.63. The fourth-order valence-electron chi connectivity index (χ4n) is 4.03. The lowest BCUT2D eigenvalue weighted by atomic mass is 9.83. The van der Waals surface area contributed by atoms with Crippen molar-refractivity contribution in [3.05, 3.63) is 30.1 Å². The van der Waals surface area contributed by atoms with Gasteiger partial charge in [-0.05, 0) is 25.0 Å². The smallest absolute Gasteiger partial charge is 0.254 e. The minimum atomic E-state index is -3.26. The Morgan fingerprint density at radius 1 is 1.00 bits per heavy atom. The van der Waals surface area contributed by atoms with Crippen LogP contribution in [0.5, 0.6) is 0 Å². The number of amides is 2. The molecule has 1 aliphatic carbocycles. The molecular formula is C17H21N3O4S. The Hall–Kier alpha value is -1.96. The van der Waals surface area contributed by atoms with Crippen LogP contribution in [-0.4, -0.2) is 71.7 Å². The van der Waals surface area contributed by atoms with Gasteiger partial charge in [0, 0.05) is 37.0 Å². The first-order valence-corrected chi connectivity index (χ1v) is 10.5. The van der Waals surface area contributed by atoms with E-state index in [0.717, 1.165) is 19.3 Å². The van der Waals surface area contributed by atoms with Gasteiger partial charge in [-0.25, -0.2) is 8.42 Å². The molecule has 0 spiro atoms. The minimum Gasteiger partial charge on any atom is -0.335 e. The van der Waals surface area contributed by atoms with Crippen molar-refractivity contribution in [3.8, 4) is 0 Å². The Bertz CT molecular complexity index is 791. The van der Waals surface area contributed by atoms with Gasteiger partial charge in [0.2, 0.25) is 5.91 Å². The van der Waals surface area contributed by atoms with E-state index in [9.17, 15) is 18.0 Å². The van der Waals surface area contributed by atoms with Crippen LogP contribution in [0.15, 0.2) is 24.5 Å². The van der Waals surface area contributed by atoms with Crippen molar-refractivity contribution < 1.29 is 18.0 Å². The van der Waals surface area contributed by atoms with Gasteiger partial charge >= 0.3 is 0 Å². The summed E-state index contributed by atoms with van der Waals surface area (Å²) in [6.45, 7) is 0.777. The molecule has 2 saturated heterocycles. The number of hydrogen-bond donors (Lipinski definition) is 0. The summed E-state index contributed by atoms with van der Waals surface area (Å²) in [4.78, 5) is 32.8. The summed E-state index contributed by atoms with van der Waals surface area (Å²) in [5.41, 5.74) is 0.497. The number of pyridine rings is 1. The van der Waals surface area contributed by atoms with Crippen LogP contribution >= 0.6 is 0 Å². The summed E-state index contributed by atoms with van der Waals surface area (Å²) in [7, 11) is -3.26. The number of carbonyl (C=O) groups is 2. The molecule has 1 saturated carbocycles. The monoisotopic (exact) mass is 363 g/mol. The molecule has 2 aliphatic heterocycles. The molecule has 0 radical (unpaired) electrons. The van der Waals surface area contributed by atoms with E-state index in [-0.39, 0.29) is 29.2 Å². The Morgan fingerprint density at radius 2 is 1.60 bits per heavy atom. The molecule has 7 nitrogen and oxygen atoms in total. The summed E-state index contributed by atoms with van der Waals surface area (Å²) in [6, 6.07) is 2.39. The molecule has 3 aliphatic rings. The van der Waals surface area contributed by atoms with E-state index in [1.165, 1.54) is 0 Å². The third-order valence-corrected chi connectivity index (χ3v) is 7.30. The number of rotatable bonds is 2. The number of carbonyl (C=O) groups excluding carboxylic acids is 2. The molecule has 1 aromatic heterocycles. The SMILES string of the molecule is O=C(C1CCC1)N1CCN(C(=O)c2ccncc2)[C@H]2CS(=O)(=O)C[C@H]21. The van der Waals surface area contributed by atoms with Gasteiger partial charge < -0.3 is 9.80 Å². The number of piperazine rings is 1. The highest BCUT2D eigenvalue weighted by Crippen LogP contribution is 2.33. The second kappa shape index (κ2) is 6.09. The van der Waals surface area contributed by atoms with E-state index in [1.807, 2.05) is 0 Å². The van der Waals surface area contributed by atoms with Gasteiger partial charge in [-0.3, -0.25) is 14.6 Å². The topological polar surface area (TPSA) is 87.7 Å². The zero-order valence-corrected chi connectivity index (χ0v) is 14.7. The van der Waals surface area contributed by atoms with Crippen molar-refractivity contribution in [1.82, 2.24) is 14.8 Å². The predicted molar refractivity (Wildman–Crippen MR) is 90.6 cm³/mol. The van der Waals surface area contributed by atoms with Crippen LogP contribution in [0, 0.1) is 5.92 Å². The summed E-state index contributed by atoms with van der Waals surface area (Å²) >= 11 is 0. The molecule has 134 valence electrons. The summed E-state index contributed by atoms with van der Waals surface area (Å²) in [5.74, 6) is -0.204. The average Bonchev–Trinajstić information content (AvgIpc) is 2.87. The van der Waals surface area contributed by atoms with Gasteiger partial charge in [0.05, 0.1) is 23.6 Å². The molecule has 0 unspecified atom stereocenters. The third-order valence-electron chi connectivity index (χ3n) is 5.60. The molecule has 2 atom stereocenters. The summed E-state index contributed by atoms with van der Waals surface area (Å²) < 4.78 is 24.5. The second-order valence-corrected chi connectivity index (χ2v) is 9.26. The van der Waals surface area contributed by atoms with Crippen molar-refractivity contribution in [2.45, 2.75) is 31.3 Å². The molecule has 25 heavy (non-hydrogen) atoms. The van der Waals surface area contributed by atoms with E-state index in [2.05, 4.69) is 4.98 Å². The van der Waals surface area contributed by atoms with Crippen molar-refractivity contribution in [2.75, 3.05) is 24.6 Å². The highest BCUT2D eigenvalue weighted by molar-refractivity contribution is 7.91. The quantitative estimate of drug-likeness (QED) is 0.756. The standard InChI is InChI=1S/C17H21N3O4S/c21-16(12-2-1-3-12)19-8-9-20(15-11-25(23,24)10-14(15)19)17(22)13-4-6-18-7-5-13/h4-7,12,14-15H,1-3,8-11H2/t14-,15+/m1/s1. The first-order valence-electron chi connectivity index (χ1n) is 8.68. The molecular weight excluding hydrogens is 342 g/mol. The molecule has 0 bridgehead atoms. The Kier molecular flexibility index (Phi) is 4.02. The number of hydrogen-bond acceptors (Lipinski definition) is 5. The molecule has 3 fully saturated rings. The third kappa shape index (κ3) is 2.92. The molecule has 3 heterocycles. The van der Waals surface area contributed by atoms with Gasteiger partial charge in [0.25, 0.3) is 5.91 Å². The Morgan fingerprint density at radius 3 is 2.20 bits per heavy atom. The maximum atomic E-state index is 12.8. The summed E-state index contributed by atoms with van der Waals surface area (Å²) in [5, 5.41) is 0. The van der Waals surface area contributed by atoms with Crippen molar-refractivity contribution in [2.24, 2.45) is 5.92 Å². The highest BCUT2D eigenvalue weighted by Gasteiger charge is 2.50. The van der Waals surface area contributed by atoms with Gasteiger partial charge in [-0.2, -0.15) is 0 Å². The van der Waals surface area contributed by atoms with Crippen LogP contribution < -0.4 is 0 Å². The van der Waals surface area contributed by atoms with Crippen LogP contribution in [0.3, 0.4) is 0 Å². The van der Waals surface area contributed by atoms with E-state index in [4.69, 9.17) is 0 Å². The maximum absolute atomic E-state index is 12.8. The highest BCUT2D eigenvalue weighted by atomic mass is 32.2. The zero-order valence-electron chi connectivity index (χ0n) is 13.9. The van der Waals surface area contributed by atoms with Crippen molar-refractivity contribution >= 4 is 21.7 Å². The van der Waals surface area contributed by atoms with Crippen molar-refractivity contribution in [3.63, 3.8) is 0 Å². The first-order chi connectivity index (χ1) is 12.0. The first kappa shape index (κ1) is 16.5. The molecule has 4 rings (SSSR count). The lowest BCUT2D eigenvalue weighted by molar-refractivity contribution is -0.143. The van der Waals surface area contributed by atoms with Gasteiger partial charge in [-0.1, -0.05) is 6.42 Å². The minimum absolute atomic E-state index is 0.0337. The molecule has 0 N–H and O–H groups in total. The predicted octanol–water partition coefficient (Wildman–Crippen LogP) is 0.332. The fourth-order valence-corrected chi connectivity index (χ4v) is 6.01. The fraction of sp³-hybridized carbons (Fsp3) is 0.588. The number of sulfone groups is 1. The summed E-state index contributed by atoms with van der Waals surface area (Å²) in [6.07, 6.45) is 5.93. The van der Waals surface area contributed by atoms with Gasteiger partial charge in [0.15, 0.2) is 9.84 Å². The normalized spacial score (nSPS) is 28.3. The van der Waals surface area contributed by atoms with E-state index in [0.29, 0.717) is 18.7 Å². The lowest BCUT2D eigenvalue weighted by Gasteiger charge is -2.45. The van der Waals surface area contributed by atoms with Gasteiger partial charge in [-0.15, -0.1) is 0 Å². The average molecular weight is 363 g/mol. The maximum Gasteiger partial charge on any atom is 0.254 e. The molecule has 2 amide bonds. The van der Waals surface area contributed by atoms with Crippen LogP contribution in [0.4, 0.5) is 0 Å². The number of fused-ring (bicyclic) bond motifs is 1.